The number of aromatic nitrogens is 2. The molecule has 0 fully saturated rings. The minimum atomic E-state index is -4.30. The average Bonchev–Trinajstić information content (AvgIpc) is 2.73. The number of halogens is 3. The smallest absolute Gasteiger partial charge is 0.295 e. The maximum atomic E-state index is 12.6. The fourth-order valence-electron chi connectivity index (χ4n) is 1.85. The largest absolute Gasteiger partial charge is 0.416 e. The van der Waals surface area contributed by atoms with E-state index in [2.05, 4.69) is 10.2 Å². The summed E-state index contributed by atoms with van der Waals surface area (Å²) in [5, 5.41) is 9.66. The molecule has 2 aromatic rings. The van der Waals surface area contributed by atoms with Gasteiger partial charge in [0, 0.05) is 6.54 Å². The lowest BCUT2D eigenvalue weighted by Gasteiger charge is -2.16. The summed E-state index contributed by atoms with van der Waals surface area (Å²) in [5.41, 5.74) is 0.0127. The van der Waals surface area contributed by atoms with Gasteiger partial charge in [0.15, 0.2) is 0 Å². The van der Waals surface area contributed by atoms with E-state index in [1.165, 1.54) is 23.5 Å². The fourth-order valence-corrected chi connectivity index (χ4v) is 2.64. The van der Waals surface area contributed by atoms with Crippen LogP contribution in [-0.4, -0.2) is 22.1 Å². The van der Waals surface area contributed by atoms with Gasteiger partial charge in [-0.15, -0.1) is 21.5 Å². The molecule has 7 heteroatoms. The molecule has 20 heavy (non-hydrogen) atoms. The van der Waals surface area contributed by atoms with Crippen LogP contribution in [0.2, 0.25) is 0 Å². The number of aryl methyl sites for hydroxylation is 1. The predicted octanol–water partition coefficient (Wildman–Crippen LogP) is 3.50. The first kappa shape index (κ1) is 14.9. The third-order valence-corrected chi connectivity index (χ3v) is 3.50. The Morgan fingerprint density at radius 2 is 1.95 bits per heavy atom. The second-order valence-electron chi connectivity index (χ2n) is 4.59. The molecule has 0 bridgehead atoms. The van der Waals surface area contributed by atoms with Gasteiger partial charge < -0.3 is 0 Å². The van der Waals surface area contributed by atoms with E-state index in [-0.39, 0.29) is 0 Å². The minimum Gasteiger partial charge on any atom is -0.295 e. The molecule has 0 saturated heterocycles. The summed E-state index contributed by atoms with van der Waals surface area (Å²) in [6.45, 7) is 2.87. The Kier molecular flexibility index (Phi) is 4.39. The van der Waals surface area contributed by atoms with Crippen molar-refractivity contribution in [1.82, 2.24) is 15.1 Å². The normalized spacial score (nSPS) is 12.1. The molecule has 0 aliphatic carbocycles. The van der Waals surface area contributed by atoms with Crippen LogP contribution in [0, 0.1) is 6.92 Å². The van der Waals surface area contributed by atoms with Crippen molar-refractivity contribution in [3.8, 4) is 0 Å². The van der Waals surface area contributed by atoms with Crippen LogP contribution in [0.5, 0.6) is 0 Å². The SMILES string of the molecule is Cc1nnc(CN(C)Cc2cccc(C(F)(F)F)c2)s1. The fraction of sp³-hybridized carbons (Fsp3) is 0.385. The van der Waals surface area contributed by atoms with Crippen molar-refractivity contribution in [2.45, 2.75) is 26.2 Å². The first-order valence-corrected chi connectivity index (χ1v) is 6.80. The highest BCUT2D eigenvalue weighted by atomic mass is 32.1. The molecule has 0 saturated carbocycles. The Morgan fingerprint density at radius 1 is 1.20 bits per heavy atom. The number of hydrogen-bond acceptors (Lipinski definition) is 4. The highest BCUT2D eigenvalue weighted by Gasteiger charge is 2.30. The van der Waals surface area contributed by atoms with Crippen LogP contribution in [0.25, 0.3) is 0 Å². The molecule has 0 aliphatic rings. The van der Waals surface area contributed by atoms with Crippen molar-refractivity contribution in [3.05, 3.63) is 45.4 Å². The van der Waals surface area contributed by atoms with E-state index in [4.69, 9.17) is 0 Å². The standard InChI is InChI=1S/C13H14F3N3S/c1-9-17-18-12(20-9)8-19(2)7-10-4-3-5-11(6-10)13(14,15)16/h3-6H,7-8H2,1-2H3. The van der Waals surface area contributed by atoms with Crippen LogP contribution in [0.3, 0.4) is 0 Å². The molecule has 108 valence electrons. The molecule has 0 spiro atoms. The van der Waals surface area contributed by atoms with Crippen LogP contribution in [-0.2, 0) is 19.3 Å². The Bertz CT molecular complexity index is 580. The Labute approximate surface area is 119 Å². The summed E-state index contributed by atoms with van der Waals surface area (Å²) in [6.07, 6.45) is -4.30. The van der Waals surface area contributed by atoms with Gasteiger partial charge in [-0.1, -0.05) is 18.2 Å². The van der Waals surface area contributed by atoms with Gasteiger partial charge in [-0.25, -0.2) is 0 Å². The number of benzene rings is 1. The maximum Gasteiger partial charge on any atom is 0.416 e. The van der Waals surface area contributed by atoms with Gasteiger partial charge in [0.05, 0.1) is 12.1 Å². The van der Waals surface area contributed by atoms with Gasteiger partial charge in [-0.3, -0.25) is 4.90 Å². The highest BCUT2D eigenvalue weighted by molar-refractivity contribution is 7.11. The summed E-state index contributed by atoms with van der Waals surface area (Å²) in [5.74, 6) is 0. The highest BCUT2D eigenvalue weighted by Crippen LogP contribution is 2.29. The van der Waals surface area contributed by atoms with Crippen LogP contribution in [0.4, 0.5) is 13.2 Å². The Morgan fingerprint density at radius 3 is 2.55 bits per heavy atom. The number of hydrogen-bond donors (Lipinski definition) is 0. The number of nitrogens with zero attached hydrogens (tertiary/aromatic N) is 3. The van der Waals surface area contributed by atoms with Gasteiger partial charge in [-0.05, 0) is 25.6 Å². The molecule has 0 radical (unpaired) electrons. The second kappa shape index (κ2) is 5.88. The summed E-state index contributed by atoms with van der Waals surface area (Å²) in [7, 11) is 1.84. The number of alkyl halides is 3. The molecule has 1 aromatic heterocycles. The lowest BCUT2D eigenvalue weighted by atomic mass is 10.1. The monoisotopic (exact) mass is 301 g/mol. The van der Waals surface area contributed by atoms with Crippen molar-refractivity contribution in [1.29, 1.82) is 0 Å². The summed E-state index contributed by atoms with van der Waals surface area (Å²) in [4.78, 5) is 1.91. The first-order chi connectivity index (χ1) is 9.34. The Balaban J connectivity index is 2.02. The molecule has 0 aliphatic heterocycles. The molecule has 0 N–H and O–H groups in total. The van der Waals surface area contributed by atoms with Gasteiger partial charge in [0.25, 0.3) is 0 Å². The van der Waals surface area contributed by atoms with E-state index in [1.54, 1.807) is 6.07 Å². The summed E-state index contributed by atoms with van der Waals surface area (Å²) in [6, 6.07) is 5.39. The molecular weight excluding hydrogens is 287 g/mol. The molecular formula is C13H14F3N3S. The van der Waals surface area contributed by atoms with E-state index in [0.717, 1.165) is 16.1 Å². The topological polar surface area (TPSA) is 29.0 Å². The molecule has 1 heterocycles. The molecule has 1 aromatic carbocycles. The zero-order valence-electron chi connectivity index (χ0n) is 11.1. The van der Waals surface area contributed by atoms with Gasteiger partial charge >= 0.3 is 6.18 Å². The van der Waals surface area contributed by atoms with Crippen molar-refractivity contribution in [3.63, 3.8) is 0 Å². The van der Waals surface area contributed by atoms with Crippen molar-refractivity contribution >= 4 is 11.3 Å². The van der Waals surface area contributed by atoms with Gasteiger partial charge in [0.1, 0.15) is 10.0 Å². The van der Waals surface area contributed by atoms with Crippen LogP contribution >= 0.6 is 11.3 Å². The molecule has 3 nitrogen and oxygen atoms in total. The third kappa shape index (κ3) is 4.01. The summed E-state index contributed by atoms with van der Waals surface area (Å²) >= 11 is 1.49. The van der Waals surface area contributed by atoms with E-state index >= 15 is 0 Å². The molecule has 0 unspecified atom stereocenters. The van der Waals surface area contributed by atoms with Crippen molar-refractivity contribution in [2.75, 3.05) is 7.05 Å². The minimum absolute atomic E-state index is 0.433. The predicted molar refractivity (Wildman–Crippen MR) is 71.3 cm³/mol. The molecule has 0 atom stereocenters. The lowest BCUT2D eigenvalue weighted by Crippen LogP contribution is -2.17. The van der Waals surface area contributed by atoms with E-state index in [0.29, 0.717) is 18.7 Å². The van der Waals surface area contributed by atoms with Gasteiger partial charge in [0.2, 0.25) is 0 Å². The number of rotatable bonds is 4. The van der Waals surface area contributed by atoms with Crippen molar-refractivity contribution in [2.24, 2.45) is 0 Å². The average molecular weight is 301 g/mol. The van der Waals surface area contributed by atoms with E-state index < -0.39 is 11.7 Å². The van der Waals surface area contributed by atoms with Crippen molar-refractivity contribution < 1.29 is 13.2 Å². The zero-order chi connectivity index (χ0) is 14.8. The van der Waals surface area contributed by atoms with Crippen LogP contribution in [0.15, 0.2) is 24.3 Å². The quantitative estimate of drug-likeness (QED) is 0.865. The maximum absolute atomic E-state index is 12.6. The van der Waals surface area contributed by atoms with E-state index in [9.17, 15) is 13.2 Å². The van der Waals surface area contributed by atoms with Gasteiger partial charge in [-0.2, -0.15) is 13.2 Å². The zero-order valence-corrected chi connectivity index (χ0v) is 11.9. The second-order valence-corrected chi connectivity index (χ2v) is 5.85. The third-order valence-electron chi connectivity index (χ3n) is 2.68. The lowest BCUT2D eigenvalue weighted by molar-refractivity contribution is -0.137. The van der Waals surface area contributed by atoms with Crippen LogP contribution in [0.1, 0.15) is 21.1 Å². The Hall–Kier alpha value is -1.47. The molecule has 2 rings (SSSR count). The first-order valence-electron chi connectivity index (χ1n) is 5.98. The van der Waals surface area contributed by atoms with Crippen LogP contribution < -0.4 is 0 Å². The van der Waals surface area contributed by atoms with E-state index in [1.807, 2.05) is 18.9 Å². The molecule has 0 amide bonds. The summed E-state index contributed by atoms with van der Waals surface area (Å²) < 4.78 is 37.9.